The van der Waals surface area contributed by atoms with Crippen molar-refractivity contribution in [2.75, 3.05) is 5.32 Å². The first kappa shape index (κ1) is 14.4. The second kappa shape index (κ2) is 6.48. The highest BCUT2D eigenvalue weighted by molar-refractivity contribution is 6.30. The predicted molar refractivity (Wildman–Crippen MR) is 86.5 cm³/mol. The maximum absolute atomic E-state index is 14.0. The van der Waals surface area contributed by atoms with E-state index in [9.17, 15) is 4.39 Å². The van der Waals surface area contributed by atoms with Crippen molar-refractivity contribution in [2.24, 2.45) is 0 Å². The van der Waals surface area contributed by atoms with Gasteiger partial charge < -0.3 is 5.32 Å². The number of nitrogens with one attached hydrogen (secondary N) is 1. The van der Waals surface area contributed by atoms with E-state index in [1.807, 2.05) is 6.07 Å². The molecule has 0 saturated heterocycles. The van der Waals surface area contributed by atoms with Crippen LogP contribution in [0.15, 0.2) is 48.5 Å². The first-order chi connectivity index (χ1) is 10.2. The van der Waals surface area contributed by atoms with Gasteiger partial charge >= 0.3 is 0 Å². The molecule has 1 saturated carbocycles. The van der Waals surface area contributed by atoms with Gasteiger partial charge in [-0.1, -0.05) is 54.8 Å². The lowest BCUT2D eigenvalue weighted by Gasteiger charge is -2.33. The summed E-state index contributed by atoms with van der Waals surface area (Å²) in [5.41, 5.74) is 1.89. The van der Waals surface area contributed by atoms with Crippen molar-refractivity contribution in [1.29, 1.82) is 0 Å². The van der Waals surface area contributed by atoms with Crippen LogP contribution in [0.3, 0.4) is 0 Å². The topological polar surface area (TPSA) is 12.0 Å². The fourth-order valence-corrected chi connectivity index (χ4v) is 3.37. The van der Waals surface area contributed by atoms with Crippen LogP contribution in [0, 0.1) is 5.82 Å². The molecule has 2 unspecified atom stereocenters. The summed E-state index contributed by atoms with van der Waals surface area (Å²) >= 11 is 5.82. The maximum Gasteiger partial charge on any atom is 0.147 e. The minimum absolute atomic E-state index is 0.275. The summed E-state index contributed by atoms with van der Waals surface area (Å²) in [4.78, 5) is 0. The van der Waals surface area contributed by atoms with Crippen molar-refractivity contribution in [3.63, 3.8) is 0 Å². The number of benzene rings is 2. The van der Waals surface area contributed by atoms with Gasteiger partial charge in [-0.25, -0.2) is 4.39 Å². The standard InChI is InChI=1S/C18H19ClFN/c19-14-10-11-18(16(20)12-14)21-17-9-5-4-8-15(17)13-6-2-1-3-7-13/h1-3,6-7,10-12,15,17,21H,4-5,8-9H2. The molecule has 1 fully saturated rings. The van der Waals surface area contributed by atoms with E-state index in [0.29, 0.717) is 16.6 Å². The molecule has 110 valence electrons. The van der Waals surface area contributed by atoms with Crippen LogP contribution >= 0.6 is 11.6 Å². The van der Waals surface area contributed by atoms with Gasteiger partial charge in [0.15, 0.2) is 0 Å². The number of hydrogen-bond donors (Lipinski definition) is 1. The summed E-state index contributed by atoms with van der Waals surface area (Å²) in [5, 5.41) is 3.82. The fourth-order valence-electron chi connectivity index (χ4n) is 3.21. The number of hydrogen-bond acceptors (Lipinski definition) is 1. The molecule has 3 rings (SSSR count). The van der Waals surface area contributed by atoms with Gasteiger partial charge in [-0.3, -0.25) is 0 Å². The Bertz CT molecular complexity index is 599. The van der Waals surface area contributed by atoms with Gasteiger partial charge in [-0.15, -0.1) is 0 Å². The van der Waals surface area contributed by atoms with Crippen LogP contribution in [0.1, 0.15) is 37.2 Å². The summed E-state index contributed by atoms with van der Waals surface area (Å²) in [6, 6.07) is 15.6. The van der Waals surface area contributed by atoms with Crippen LogP contribution in [0.25, 0.3) is 0 Å². The predicted octanol–water partition coefficient (Wildman–Crippen LogP) is 5.62. The Balaban J connectivity index is 1.81. The van der Waals surface area contributed by atoms with E-state index in [4.69, 9.17) is 11.6 Å². The molecule has 2 atom stereocenters. The van der Waals surface area contributed by atoms with E-state index < -0.39 is 0 Å². The van der Waals surface area contributed by atoms with E-state index in [0.717, 1.165) is 12.8 Å². The summed E-state index contributed by atoms with van der Waals surface area (Å²) in [5.74, 6) is 0.162. The minimum atomic E-state index is -0.278. The molecule has 0 radical (unpaired) electrons. The van der Waals surface area contributed by atoms with Gasteiger partial charge in [0.2, 0.25) is 0 Å². The third-order valence-corrected chi connectivity index (χ3v) is 4.50. The van der Waals surface area contributed by atoms with E-state index in [2.05, 4.69) is 29.6 Å². The van der Waals surface area contributed by atoms with Crippen LogP contribution in [0.5, 0.6) is 0 Å². The zero-order valence-electron chi connectivity index (χ0n) is 11.9. The average molecular weight is 304 g/mol. The van der Waals surface area contributed by atoms with E-state index >= 15 is 0 Å². The molecule has 2 aromatic carbocycles. The quantitative estimate of drug-likeness (QED) is 0.776. The summed E-state index contributed by atoms with van der Waals surface area (Å²) in [6.45, 7) is 0. The number of anilines is 1. The molecule has 0 spiro atoms. The van der Waals surface area contributed by atoms with Gasteiger partial charge in [0.1, 0.15) is 5.82 Å². The Labute approximate surface area is 130 Å². The maximum atomic E-state index is 14.0. The smallest absolute Gasteiger partial charge is 0.147 e. The van der Waals surface area contributed by atoms with E-state index in [1.54, 1.807) is 12.1 Å². The van der Waals surface area contributed by atoms with E-state index in [1.165, 1.54) is 24.5 Å². The summed E-state index contributed by atoms with van der Waals surface area (Å²) < 4.78 is 14.0. The molecule has 3 heteroatoms. The zero-order chi connectivity index (χ0) is 14.7. The summed E-state index contributed by atoms with van der Waals surface area (Å²) in [6.07, 6.45) is 4.65. The van der Waals surface area contributed by atoms with Crippen molar-refractivity contribution in [3.8, 4) is 0 Å². The molecule has 0 amide bonds. The Morgan fingerprint density at radius 2 is 1.76 bits per heavy atom. The zero-order valence-corrected chi connectivity index (χ0v) is 12.6. The second-order valence-electron chi connectivity index (χ2n) is 5.68. The molecular formula is C18H19ClFN. The Kier molecular flexibility index (Phi) is 4.45. The van der Waals surface area contributed by atoms with Crippen LogP contribution in [-0.4, -0.2) is 6.04 Å². The fraction of sp³-hybridized carbons (Fsp3) is 0.333. The molecule has 2 aromatic rings. The Hall–Kier alpha value is -1.54. The molecule has 21 heavy (non-hydrogen) atoms. The first-order valence-electron chi connectivity index (χ1n) is 7.50. The Morgan fingerprint density at radius 3 is 2.52 bits per heavy atom. The van der Waals surface area contributed by atoms with Gasteiger partial charge in [-0.05, 0) is 36.6 Å². The summed E-state index contributed by atoms with van der Waals surface area (Å²) in [7, 11) is 0. The Morgan fingerprint density at radius 1 is 1.00 bits per heavy atom. The van der Waals surface area contributed by atoms with E-state index in [-0.39, 0.29) is 11.9 Å². The van der Waals surface area contributed by atoms with Crippen LogP contribution < -0.4 is 5.32 Å². The highest BCUT2D eigenvalue weighted by Crippen LogP contribution is 2.35. The number of halogens is 2. The van der Waals surface area contributed by atoms with Crippen LogP contribution in [-0.2, 0) is 0 Å². The van der Waals surface area contributed by atoms with Crippen molar-refractivity contribution in [1.82, 2.24) is 0 Å². The molecule has 0 aliphatic heterocycles. The largest absolute Gasteiger partial charge is 0.379 e. The van der Waals surface area contributed by atoms with Crippen molar-refractivity contribution in [3.05, 3.63) is 64.9 Å². The van der Waals surface area contributed by atoms with Gasteiger partial charge in [0.25, 0.3) is 0 Å². The SMILES string of the molecule is Fc1cc(Cl)ccc1NC1CCCCC1c1ccccc1. The molecular weight excluding hydrogens is 285 g/mol. The molecule has 0 aromatic heterocycles. The van der Waals surface area contributed by atoms with Gasteiger partial charge in [-0.2, -0.15) is 0 Å². The highest BCUT2D eigenvalue weighted by Gasteiger charge is 2.26. The van der Waals surface area contributed by atoms with Gasteiger partial charge in [0.05, 0.1) is 5.69 Å². The molecule has 1 nitrogen and oxygen atoms in total. The monoisotopic (exact) mass is 303 g/mol. The lowest BCUT2D eigenvalue weighted by molar-refractivity contribution is 0.404. The highest BCUT2D eigenvalue weighted by atomic mass is 35.5. The normalized spacial score (nSPS) is 22.0. The molecule has 0 heterocycles. The molecule has 1 aliphatic carbocycles. The van der Waals surface area contributed by atoms with Crippen molar-refractivity contribution < 1.29 is 4.39 Å². The third kappa shape index (κ3) is 3.38. The molecule has 1 aliphatic rings. The first-order valence-corrected chi connectivity index (χ1v) is 7.88. The average Bonchev–Trinajstić information content (AvgIpc) is 2.51. The molecule has 0 bridgehead atoms. The van der Waals surface area contributed by atoms with Crippen molar-refractivity contribution in [2.45, 2.75) is 37.6 Å². The van der Waals surface area contributed by atoms with Crippen LogP contribution in [0.4, 0.5) is 10.1 Å². The lowest BCUT2D eigenvalue weighted by atomic mass is 9.80. The lowest BCUT2D eigenvalue weighted by Crippen LogP contribution is -2.31. The van der Waals surface area contributed by atoms with Gasteiger partial charge in [0, 0.05) is 17.0 Å². The van der Waals surface area contributed by atoms with Crippen LogP contribution in [0.2, 0.25) is 5.02 Å². The number of rotatable bonds is 3. The van der Waals surface area contributed by atoms with Crippen molar-refractivity contribution >= 4 is 17.3 Å². The minimum Gasteiger partial charge on any atom is -0.379 e. The third-order valence-electron chi connectivity index (χ3n) is 4.27. The molecule has 1 N–H and O–H groups in total. The second-order valence-corrected chi connectivity index (χ2v) is 6.11.